The summed E-state index contributed by atoms with van der Waals surface area (Å²) in [5, 5.41) is 12.0. The van der Waals surface area contributed by atoms with Crippen LogP contribution < -0.4 is 10.9 Å². The van der Waals surface area contributed by atoms with Gasteiger partial charge in [0.2, 0.25) is 0 Å². The van der Waals surface area contributed by atoms with Gasteiger partial charge < -0.3 is 15.0 Å². The van der Waals surface area contributed by atoms with Gasteiger partial charge in [-0.3, -0.25) is 4.79 Å². The maximum absolute atomic E-state index is 12.0. The van der Waals surface area contributed by atoms with Crippen LogP contribution in [0.1, 0.15) is 33.6 Å². The predicted octanol–water partition coefficient (Wildman–Crippen LogP) is 1.23. The number of rotatable bonds is 6. The summed E-state index contributed by atoms with van der Waals surface area (Å²) in [6, 6.07) is 0. The highest BCUT2D eigenvalue weighted by atomic mass is 16.3. The predicted molar refractivity (Wildman–Crippen MR) is 68.2 cm³/mol. The lowest BCUT2D eigenvalue weighted by atomic mass is 10.0. The number of aliphatic hydroxyl groups is 1. The van der Waals surface area contributed by atoms with E-state index < -0.39 is 0 Å². The second kappa shape index (κ2) is 5.82. The van der Waals surface area contributed by atoms with E-state index in [1.54, 1.807) is 17.0 Å². The zero-order chi connectivity index (χ0) is 12.9. The third-order valence-corrected chi connectivity index (χ3v) is 2.57. The van der Waals surface area contributed by atoms with E-state index in [1.807, 2.05) is 20.8 Å². The molecule has 0 unspecified atom stereocenters. The molecule has 0 aliphatic rings. The van der Waals surface area contributed by atoms with Gasteiger partial charge >= 0.3 is 0 Å². The quantitative estimate of drug-likeness (QED) is 0.783. The Morgan fingerprint density at radius 1 is 1.53 bits per heavy atom. The van der Waals surface area contributed by atoms with E-state index >= 15 is 0 Å². The van der Waals surface area contributed by atoms with Crippen molar-refractivity contribution in [3.63, 3.8) is 0 Å². The third-order valence-electron chi connectivity index (χ3n) is 2.57. The molecule has 1 aromatic heterocycles. The molecule has 0 fully saturated rings. The molecule has 0 spiro atoms. The van der Waals surface area contributed by atoms with Crippen LogP contribution in [0.3, 0.4) is 0 Å². The lowest BCUT2D eigenvalue weighted by molar-refractivity contribution is 0.260. The molecule has 0 radical (unpaired) electrons. The fourth-order valence-corrected chi connectivity index (χ4v) is 1.61. The molecule has 0 saturated heterocycles. The van der Waals surface area contributed by atoms with E-state index in [-0.39, 0.29) is 17.7 Å². The van der Waals surface area contributed by atoms with E-state index in [2.05, 4.69) is 10.3 Å². The van der Waals surface area contributed by atoms with Crippen molar-refractivity contribution < 1.29 is 5.11 Å². The van der Waals surface area contributed by atoms with Gasteiger partial charge in [0.15, 0.2) is 5.82 Å². The van der Waals surface area contributed by atoms with Gasteiger partial charge in [-0.2, -0.15) is 0 Å². The van der Waals surface area contributed by atoms with Crippen molar-refractivity contribution in [2.45, 2.75) is 45.7 Å². The Morgan fingerprint density at radius 2 is 2.24 bits per heavy atom. The summed E-state index contributed by atoms with van der Waals surface area (Å²) >= 11 is 0. The zero-order valence-electron chi connectivity index (χ0n) is 10.7. The normalized spacial score (nSPS) is 11.5. The Morgan fingerprint density at radius 3 is 2.82 bits per heavy atom. The Bertz CT molecular complexity index is 412. The molecule has 0 amide bonds. The fraction of sp³-hybridized carbons (Fsp3) is 0.667. The molecule has 0 aliphatic heterocycles. The first-order chi connectivity index (χ1) is 8.00. The van der Waals surface area contributed by atoms with E-state index in [1.165, 1.54) is 0 Å². The first-order valence-electron chi connectivity index (χ1n) is 5.94. The Labute approximate surface area is 102 Å². The van der Waals surface area contributed by atoms with Crippen LogP contribution in [0, 0.1) is 0 Å². The van der Waals surface area contributed by atoms with Gasteiger partial charge in [0.05, 0.1) is 0 Å². The molecule has 0 saturated carbocycles. The minimum Gasteiger partial charge on any atom is -0.396 e. The number of aryl methyl sites for hydroxylation is 1. The summed E-state index contributed by atoms with van der Waals surface area (Å²) in [6.07, 6.45) is 4.78. The van der Waals surface area contributed by atoms with Gasteiger partial charge in [0.1, 0.15) is 0 Å². The Kier molecular flexibility index (Phi) is 4.69. The summed E-state index contributed by atoms with van der Waals surface area (Å²) < 4.78 is 1.64. The largest absolute Gasteiger partial charge is 0.396 e. The van der Waals surface area contributed by atoms with Crippen LogP contribution in [0.5, 0.6) is 0 Å². The van der Waals surface area contributed by atoms with Crippen LogP contribution in [0.15, 0.2) is 17.2 Å². The van der Waals surface area contributed by atoms with E-state index in [0.29, 0.717) is 18.8 Å². The van der Waals surface area contributed by atoms with Gasteiger partial charge in [-0.1, -0.05) is 6.92 Å². The number of nitrogens with one attached hydrogen (secondary N) is 1. The van der Waals surface area contributed by atoms with Gasteiger partial charge in [-0.15, -0.1) is 0 Å². The molecule has 0 aromatic carbocycles. The highest BCUT2D eigenvalue weighted by Gasteiger charge is 2.19. The van der Waals surface area contributed by atoms with Crippen molar-refractivity contribution in [1.82, 2.24) is 9.55 Å². The molecule has 96 valence electrons. The SMILES string of the molecule is CCCn1ccnc(NC(C)(C)CCO)c1=O. The number of hydrogen-bond acceptors (Lipinski definition) is 4. The van der Waals surface area contributed by atoms with Crippen molar-refractivity contribution in [2.24, 2.45) is 0 Å². The first-order valence-corrected chi connectivity index (χ1v) is 5.94. The number of hydrogen-bond donors (Lipinski definition) is 2. The summed E-state index contributed by atoms with van der Waals surface area (Å²) in [5.41, 5.74) is -0.452. The van der Waals surface area contributed by atoms with Crippen molar-refractivity contribution in [3.05, 3.63) is 22.7 Å². The van der Waals surface area contributed by atoms with Crippen molar-refractivity contribution in [3.8, 4) is 0 Å². The van der Waals surface area contributed by atoms with E-state index in [9.17, 15) is 4.79 Å². The van der Waals surface area contributed by atoms with E-state index in [0.717, 1.165) is 6.42 Å². The lowest BCUT2D eigenvalue weighted by Crippen LogP contribution is -2.36. The second-order valence-electron chi connectivity index (χ2n) is 4.76. The molecule has 1 rings (SSSR count). The highest BCUT2D eigenvalue weighted by molar-refractivity contribution is 5.34. The smallest absolute Gasteiger partial charge is 0.293 e. The van der Waals surface area contributed by atoms with Crippen LogP contribution in [0.2, 0.25) is 0 Å². The molecule has 2 N–H and O–H groups in total. The molecule has 1 aromatic rings. The lowest BCUT2D eigenvalue weighted by Gasteiger charge is -2.25. The minimum atomic E-state index is -0.341. The van der Waals surface area contributed by atoms with Crippen molar-refractivity contribution >= 4 is 5.82 Å². The molecule has 0 bridgehead atoms. The minimum absolute atomic E-state index is 0.0793. The van der Waals surface area contributed by atoms with Crippen LogP contribution in [0.25, 0.3) is 0 Å². The Balaban J connectivity index is 2.92. The summed E-state index contributed by atoms with van der Waals surface area (Å²) in [6.45, 7) is 6.66. The molecule has 5 heteroatoms. The van der Waals surface area contributed by atoms with Crippen LogP contribution in [-0.2, 0) is 6.54 Å². The number of anilines is 1. The van der Waals surface area contributed by atoms with Gasteiger partial charge in [0, 0.05) is 31.1 Å². The molecular formula is C12H21N3O2. The number of nitrogens with zero attached hydrogens (tertiary/aromatic N) is 2. The Hall–Kier alpha value is -1.36. The van der Waals surface area contributed by atoms with Crippen LogP contribution >= 0.6 is 0 Å². The van der Waals surface area contributed by atoms with Crippen LogP contribution in [-0.4, -0.2) is 26.8 Å². The standard InChI is InChI=1S/C12H21N3O2/c1-4-7-15-8-6-13-10(11(15)17)14-12(2,3)5-9-16/h6,8,16H,4-5,7,9H2,1-3H3,(H,13,14). The summed E-state index contributed by atoms with van der Waals surface area (Å²) in [5.74, 6) is 0.347. The van der Waals surface area contributed by atoms with Crippen molar-refractivity contribution in [2.75, 3.05) is 11.9 Å². The number of aliphatic hydroxyl groups excluding tert-OH is 1. The summed E-state index contributed by atoms with van der Waals surface area (Å²) in [4.78, 5) is 16.1. The first kappa shape index (κ1) is 13.7. The van der Waals surface area contributed by atoms with Gasteiger partial charge in [0.25, 0.3) is 5.56 Å². The van der Waals surface area contributed by atoms with Gasteiger partial charge in [-0.25, -0.2) is 4.98 Å². The molecular weight excluding hydrogens is 218 g/mol. The zero-order valence-corrected chi connectivity index (χ0v) is 10.7. The van der Waals surface area contributed by atoms with Crippen LogP contribution in [0.4, 0.5) is 5.82 Å². The molecule has 0 aliphatic carbocycles. The average Bonchev–Trinajstić information content (AvgIpc) is 2.24. The number of aromatic nitrogens is 2. The molecule has 0 atom stereocenters. The van der Waals surface area contributed by atoms with E-state index in [4.69, 9.17) is 5.11 Å². The average molecular weight is 239 g/mol. The van der Waals surface area contributed by atoms with Crippen molar-refractivity contribution in [1.29, 1.82) is 0 Å². The fourth-order valence-electron chi connectivity index (χ4n) is 1.61. The second-order valence-corrected chi connectivity index (χ2v) is 4.76. The van der Waals surface area contributed by atoms with Gasteiger partial charge in [-0.05, 0) is 26.7 Å². The maximum Gasteiger partial charge on any atom is 0.293 e. The third kappa shape index (κ3) is 3.85. The molecule has 1 heterocycles. The monoisotopic (exact) mass is 239 g/mol. The topological polar surface area (TPSA) is 67.2 Å². The molecule has 17 heavy (non-hydrogen) atoms. The summed E-state index contributed by atoms with van der Waals surface area (Å²) in [7, 11) is 0. The maximum atomic E-state index is 12.0. The molecule has 5 nitrogen and oxygen atoms in total. The highest BCUT2D eigenvalue weighted by Crippen LogP contribution is 2.12.